The number of nitrogens with one attached hydrogen (secondary N) is 1. The number of aromatic nitrogens is 2. The number of urea groups is 1. The van der Waals surface area contributed by atoms with E-state index in [0.717, 1.165) is 17.7 Å². The molecule has 0 spiro atoms. The third-order valence-corrected chi connectivity index (χ3v) is 4.14. The number of benzene rings is 1. The molecule has 1 aliphatic rings. The smallest absolute Gasteiger partial charge is 0.323 e. The molecule has 1 aliphatic heterocycles. The first-order valence-electron chi connectivity index (χ1n) is 7.91. The molecule has 2 heterocycles. The summed E-state index contributed by atoms with van der Waals surface area (Å²) >= 11 is 0. The molecule has 2 amide bonds. The van der Waals surface area contributed by atoms with Gasteiger partial charge in [-0.2, -0.15) is 5.10 Å². The van der Waals surface area contributed by atoms with Crippen LogP contribution in [-0.4, -0.2) is 45.5 Å². The van der Waals surface area contributed by atoms with E-state index in [-0.39, 0.29) is 18.6 Å². The number of aliphatic hydroxyl groups is 1. The maximum absolute atomic E-state index is 12.4. The van der Waals surface area contributed by atoms with Crippen LogP contribution in [0.1, 0.15) is 17.7 Å². The molecule has 1 saturated heterocycles. The lowest BCUT2D eigenvalue weighted by Crippen LogP contribution is -2.34. The quantitative estimate of drug-likeness (QED) is 0.908. The maximum Gasteiger partial charge on any atom is 0.323 e. The SMILES string of the molecule is Cc1cc(NC(=O)N2CCC(CO)C2)n(Cc2ccccc2)n1. The third-order valence-electron chi connectivity index (χ3n) is 4.14. The predicted octanol–water partition coefficient (Wildman–Crippen LogP) is 2.09. The first-order valence-corrected chi connectivity index (χ1v) is 7.91. The molecular weight excluding hydrogens is 292 g/mol. The molecule has 3 rings (SSSR count). The molecule has 6 nitrogen and oxygen atoms in total. The van der Waals surface area contributed by atoms with Gasteiger partial charge in [0, 0.05) is 31.7 Å². The number of anilines is 1. The zero-order chi connectivity index (χ0) is 16.2. The van der Waals surface area contributed by atoms with Crippen LogP contribution in [0.3, 0.4) is 0 Å². The van der Waals surface area contributed by atoms with Gasteiger partial charge in [-0.1, -0.05) is 30.3 Å². The van der Waals surface area contributed by atoms with E-state index in [9.17, 15) is 9.90 Å². The Balaban J connectivity index is 1.69. The fourth-order valence-corrected chi connectivity index (χ4v) is 2.88. The molecular formula is C17H22N4O2. The highest BCUT2D eigenvalue weighted by molar-refractivity contribution is 5.88. The van der Waals surface area contributed by atoms with Crippen LogP contribution in [0.5, 0.6) is 0 Å². The summed E-state index contributed by atoms with van der Waals surface area (Å²) in [6.45, 7) is 3.95. The van der Waals surface area contributed by atoms with Crippen molar-refractivity contribution in [1.29, 1.82) is 0 Å². The topological polar surface area (TPSA) is 70.4 Å². The minimum absolute atomic E-state index is 0.129. The van der Waals surface area contributed by atoms with E-state index in [2.05, 4.69) is 10.4 Å². The molecule has 0 bridgehead atoms. The molecule has 1 aromatic carbocycles. The summed E-state index contributed by atoms with van der Waals surface area (Å²) < 4.78 is 1.81. The van der Waals surface area contributed by atoms with Gasteiger partial charge in [-0.05, 0) is 18.9 Å². The van der Waals surface area contributed by atoms with Gasteiger partial charge >= 0.3 is 6.03 Å². The van der Waals surface area contributed by atoms with E-state index >= 15 is 0 Å². The van der Waals surface area contributed by atoms with Crippen LogP contribution in [-0.2, 0) is 6.54 Å². The standard InChI is InChI=1S/C17H22N4O2/c1-13-9-16(18-17(23)20-8-7-15(10-20)12-22)21(19-13)11-14-5-3-2-4-6-14/h2-6,9,15,22H,7-8,10-12H2,1H3,(H,18,23). The molecule has 2 N–H and O–H groups in total. The van der Waals surface area contributed by atoms with Gasteiger partial charge in [0.2, 0.25) is 0 Å². The lowest BCUT2D eigenvalue weighted by Gasteiger charge is -2.17. The Kier molecular flexibility index (Phi) is 4.62. The summed E-state index contributed by atoms with van der Waals surface area (Å²) in [6.07, 6.45) is 0.853. The van der Waals surface area contributed by atoms with Crippen molar-refractivity contribution in [3.8, 4) is 0 Å². The summed E-state index contributed by atoms with van der Waals surface area (Å²) in [5.74, 6) is 0.889. The van der Waals surface area contributed by atoms with Crippen molar-refractivity contribution in [3.63, 3.8) is 0 Å². The Bertz CT molecular complexity index is 668. The fraction of sp³-hybridized carbons (Fsp3) is 0.412. The highest BCUT2D eigenvalue weighted by Crippen LogP contribution is 2.18. The number of hydrogen-bond acceptors (Lipinski definition) is 3. The van der Waals surface area contributed by atoms with Gasteiger partial charge in [0.1, 0.15) is 5.82 Å². The number of carbonyl (C=O) groups excluding carboxylic acids is 1. The monoisotopic (exact) mass is 314 g/mol. The molecule has 1 aromatic heterocycles. The minimum Gasteiger partial charge on any atom is -0.396 e. The van der Waals surface area contributed by atoms with Crippen molar-refractivity contribution >= 4 is 11.8 Å². The highest BCUT2D eigenvalue weighted by atomic mass is 16.3. The molecule has 122 valence electrons. The molecule has 23 heavy (non-hydrogen) atoms. The molecule has 1 fully saturated rings. The van der Waals surface area contributed by atoms with Crippen molar-refractivity contribution < 1.29 is 9.90 Å². The van der Waals surface area contributed by atoms with E-state index in [0.29, 0.717) is 25.5 Å². The largest absolute Gasteiger partial charge is 0.396 e. The lowest BCUT2D eigenvalue weighted by atomic mass is 10.1. The van der Waals surface area contributed by atoms with Crippen LogP contribution >= 0.6 is 0 Å². The predicted molar refractivity (Wildman–Crippen MR) is 88.3 cm³/mol. The lowest BCUT2D eigenvalue weighted by molar-refractivity contribution is 0.208. The summed E-state index contributed by atoms with van der Waals surface area (Å²) in [6, 6.07) is 11.8. The Hall–Kier alpha value is -2.34. The van der Waals surface area contributed by atoms with Gasteiger partial charge in [-0.3, -0.25) is 5.32 Å². The van der Waals surface area contributed by atoms with E-state index in [1.54, 1.807) is 4.90 Å². The van der Waals surface area contributed by atoms with Gasteiger partial charge < -0.3 is 10.0 Å². The number of rotatable bonds is 4. The Labute approximate surface area is 135 Å². The summed E-state index contributed by atoms with van der Waals surface area (Å²) in [4.78, 5) is 14.1. The van der Waals surface area contributed by atoms with Crippen LogP contribution in [0.2, 0.25) is 0 Å². The van der Waals surface area contributed by atoms with Crippen LogP contribution in [0.15, 0.2) is 36.4 Å². The Morgan fingerprint density at radius 3 is 2.87 bits per heavy atom. The number of likely N-dealkylation sites (tertiary alicyclic amines) is 1. The fourth-order valence-electron chi connectivity index (χ4n) is 2.88. The Morgan fingerprint density at radius 2 is 2.17 bits per heavy atom. The number of amides is 2. The molecule has 0 saturated carbocycles. The minimum atomic E-state index is -0.129. The van der Waals surface area contributed by atoms with E-state index in [1.807, 2.05) is 48.0 Å². The van der Waals surface area contributed by atoms with Crippen molar-refractivity contribution in [1.82, 2.24) is 14.7 Å². The molecule has 0 radical (unpaired) electrons. The van der Waals surface area contributed by atoms with Crippen LogP contribution in [0.25, 0.3) is 0 Å². The van der Waals surface area contributed by atoms with Crippen molar-refractivity contribution in [2.24, 2.45) is 5.92 Å². The highest BCUT2D eigenvalue weighted by Gasteiger charge is 2.26. The van der Waals surface area contributed by atoms with Gasteiger partial charge in [0.05, 0.1) is 12.2 Å². The maximum atomic E-state index is 12.4. The van der Waals surface area contributed by atoms with E-state index < -0.39 is 0 Å². The molecule has 1 unspecified atom stereocenters. The summed E-state index contributed by atoms with van der Waals surface area (Å²) in [7, 11) is 0. The van der Waals surface area contributed by atoms with Crippen LogP contribution < -0.4 is 5.32 Å². The normalized spacial score (nSPS) is 17.5. The number of aliphatic hydroxyl groups excluding tert-OH is 1. The van der Waals surface area contributed by atoms with Gasteiger partial charge in [0.15, 0.2) is 0 Å². The average Bonchev–Trinajstić information content (AvgIpc) is 3.15. The van der Waals surface area contributed by atoms with Crippen LogP contribution in [0, 0.1) is 12.8 Å². The second-order valence-corrected chi connectivity index (χ2v) is 6.03. The number of nitrogens with zero attached hydrogens (tertiary/aromatic N) is 3. The number of aryl methyl sites for hydroxylation is 1. The Morgan fingerprint density at radius 1 is 1.39 bits per heavy atom. The van der Waals surface area contributed by atoms with Gasteiger partial charge in [-0.25, -0.2) is 9.48 Å². The zero-order valence-corrected chi connectivity index (χ0v) is 13.3. The van der Waals surface area contributed by atoms with Gasteiger partial charge in [0.25, 0.3) is 0 Å². The number of carbonyl (C=O) groups is 1. The first kappa shape index (κ1) is 15.6. The number of hydrogen-bond donors (Lipinski definition) is 2. The molecule has 6 heteroatoms. The molecule has 1 atom stereocenters. The summed E-state index contributed by atoms with van der Waals surface area (Å²) in [5.41, 5.74) is 2.00. The molecule has 0 aliphatic carbocycles. The van der Waals surface area contributed by atoms with Crippen molar-refractivity contribution in [3.05, 3.63) is 47.7 Å². The molecule has 2 aromatic rings. The third kappa shape index (κ3) is 3.71. The summed E-state index contributed by atoms with van der Waals surface area (Å²) in [5, 5.41) is 16.6. The van der Waals surface area contributed by atoms with Crippen LogP contribution in [0.4, 0.5) is 10.6 Å². The zero-order valence-electron chi connectivity index (χ0n) is 13.3. The second kappa shape index (κ2) is 6.83. The van der Waals surface area contributed by atoms with Crippen molar-refractivity contribution in [2.45, 2.75) is 19.9 Å². The van der Waals surface area contributed by atoms with Crippen molar-refractivity contribution in [2.75, 3.05) is 25.0 Å². The van der Waals surface area contributed by atoms with Gasteiger partial charge in [-0.15, -0.1) is 0 Å². The average molecular weight is 314 g/mol. The van der Waals surface area contributed by atoms with E-state index in [4.69, 9.17) is 0 Å². The second-order valence-electron chi connectivity index (χ2n) is 6.03. The first-order chi connectivity index (χ1) is 11.2. The van der Waals surface area contributed by atoms with E-state index in [1.165, 1.54) is 0 Å².